The molecule has 0 aromatic carbocycles. The van der Waals surface area contributed by atoms with Gasteiger partial charge in [-0.15, -0.1) is 0 Å². The van der Waals surface area contributed by atoms with Gasteiger partial charge in [0.15, 0.2) is 0 Å². The Morgan fingerprint density at radius 3 is 2.00 bits per heavy atom. The number of carbonyl (C=O) groups is 1. The summed E-state index contributed by atoms with van der Waals surface area (Å²) in [7, 11) is 0. The summed E-state index contributed by atoms with van der Waals surface area (Å²) in [6.45, 7) is 14.3. The van der Waals surface area contributed by atoms with Gasteiger partial charge in [0, 0.05) is 23.9 Å². The van der Waals surface area contributed by atoms with Crippen LogP contribution in [0.2, 0.25) is 0 Å². The summed E-state index contributed by atoms with van der Waals surface area (Å²) in [6, 6.07) is 0. The number of hydrogen-bond acceptors (Lipinski definition) is 2. The van der Waals surface area contributed by atoms with Gasteiger partial charge < -0.3 is 10.6 Å². The van der Waals surface area contributed by atoms with Crippen LogP contribution in [-0.2, 0) is 4.79 Å². The topological polar surface area (TPSA) is 41.1 Å². The zero-order valence-electron chi connectivity index (χ0n) is 11.7. The minimum atomic E-state index is 0.0238. The summed E-state index contributed by atoms with van der Waals surface area (Å²) in [5, 5.41) is 6.08. The first-order valence-electron chi connectivity index (χ1n) is 5.74. The van der Waals surface area contributed by atoms with Gasteiger partial charge in [-0.3, -0.25) is 4.79 Å². The zero-order chi connectivity index (χ0) is 13.0. The summed E-state index contributed by atoms with van der Waals surface area (Å²) in [6.07, 6.45) is 2.38. The quantitative estimate of drug-likeness (QED) is 0.777. The maximum Gasteiger partial charge on any atom is 0.224 e. The van der Waals surface area contributed by atoms with Gasteiger partial charge in [-0.1, -0.05) is 20.8 Å². The maximum atomic E-state index is 11.6. The fourth-order valence-electron chi connectivity index (χ4n) is 1.11. The van der Waals surface area contributed by atoms with Crippen LogP contribution in [0.4, 0.5) is 0 Å². The summed E-state index contributed by atoms with van der Waals surface area (Å²) in [5.74, 6) is 0.0666. The Morgan fingerprint density at radius 2 is 1.62 bits per heavy atom. The van der Waals surface area contributed by atoms with Crippen LogP contribution in [0.3, 0.4) is 0 Å². The van der Waals surface area contributed by atoms with E-state index < -0.39 is 0 Å². The third-order valence-corrected chi connectivity index (χ3v) is 1.75. The minimum absolute atomic E-state index is 0.0238. The first-order chi connectivity index (χ1) is 6.99. The molecule has 0 aliphatic heterocycles. The van der Waals surface area contributed by atoms with E-state index in [1.54, 1.807) is 0 Å². The third kappa shape index (κ3) is 9.56. The highest BCUT2D eigenvalue weighted by atomic mass is 16.1. The molecular weight excluding hydrogens is 200 g/mol. The number of rotatable bonds is 3. The number of nitrogens with one attached hydrogen (secondary N) is 2. The van der Waals surface area contributed by atoms with E-state index in [9.17, 15) is 4.79 Å². The minimum Gasteiger partial charge on any atom is -0.385 e. The SMILES string of the molecule is C/C(=C\NC(C)(C)C)NC(=O)CC(C)(C)C. The molecule has 0 bridgehead atoms. The predicted molar refractivity (Wildman–Crippen MR) is 68.9 cm³/mol. The Balaban J connectivity index is 4.15. The van der Waals surface area contributed by atoms with E-state index in [0.29, 0.717) is 6.42 Å². The monoisotopic (exact) mass is 226 g/mol. The summed E-state index contributed by atoms with van der Waals surface area (Å²) in [4.78, 5) is 11.6. The molecule has 16 heavy (non-hydrogen) atoms. The van der Waals surface area contributed by atoms with Gasteiger partial charge in [0.25, 0.3) is 0 Å². The van der Waals surface area contributed by atoms with E-state index >= 15 is 0 Å². The Hall–Kier alpha value is -0.990. The molecule has 0 saturated carbocycles. The molecule has 0 spiro atoms. The molecule has 0 rings (SSSR count). The Morgan fingerprint density at radius 1 is 1.12 bits per heavy atom. The molecule has 0 aromatic rings. The van der Waals surface area contributed by atoms with Gasteiger partial charge >= 0.3 is 0 Å². The van der Waals surface area contributed by atoms with Gasteiger partial charge in [-0.25, -0.2) is 0 Å². The van der Waals surface area contributed by atoms with E-state index in [1.807, 2.05) is 13.1 Å². The third-order valence-electron chi connectivity index (χ3n) is 1.75. The van der Waals surface area contributed by atoms with Gasteiger partial charge in [0.05, 0.1) is 0 Å². The lowest BCUT2D eigenvalue weighted by Crippen LogP contribution is -2.33. The summed E-state index contributed by atoms with van der Waals surface area (Å²) < 4.78 is 0. The molecule has 0 unspecified atom stereocenters. The van der Waals surface area contributed by atoms with Crippen LogP contribution in [0, 0.1) is 5.41 Å². The first kappa shape index (κ1) is 15.0. The number of allylic oxidation sites excluding steroid dienone is 1. The molecule has 3 nitrogen and oxygen atoms in total. The van der Waals surface area contributed by atoms with Crippen molar-refractivity contribution in [3.8, 4) is 0 Å². The van der Waals surface area contributed by atoms with Crippen molar-refractivity contribution in [1.29, 1.82) is 0 Å². The zero-order valence-corrected chi connectivity index (χ0v) is 11.7. The molecule has 3 heteroatoms. The van der Waals surface area contributed by atoms with Crippen molar-refractivity contribution in [3.05, 3.63) is 11.9 Å². The van der Waals surface area contributed by atoms with Crippen molar-refractivity contribution < 1.29 is 4.79 Å². The van der Waals surface area contributed by atoms with E-state index in [-0.39, 0.29) is 16.9 Å². The van der Waals surface area contributed by atoms with E-state index in [4.69, 9.17) is 0 Å². The standard InChI is InChI=1S/C13H26N2O/c1-10(9-14-13(5,6)7)15-11(16)8-12(2,3)4/h9,14H,8H2,1-7H3,(H,15,16)/b10-9+. The Labute approximate surface area is 99.7 Å². The van der Waals surface area contributed by atoms with Crippen LogP contribution < -0.4 is 10.6 Å². The molecule has 1 amide bonds. The van der Waals surface area contributed by atoms with Gasteiger partial charge in [-0.2, -0.15) is 0 Å². The van der Waals surface area contributed by atoms with Gasteiger partial charge in [0.1, 0.15) is 0 Å². The van der Waals surface area contributed by atoms with E-state index in [2.05, 4.69) is 52.2 Å². The molecule has 0 fully saturated rings. The first-order valence-corrected chi connectivity index (χ1v) is 5.74. The number of amides is 1. The molecule has 0 heterocycles. The fraction of sp³-hybridized carbons (Fsp3) is 0.769. The molecule has 0 aliphatic rings. The van der Waals surface area contributed by atoms with Crippen LogP contribution in [0.25, 0.3) is 0 Å². The van der Waals surface area contributed by atoms with Crippen molar-refractivity contribution in [1.82, 2.24) is 10.6 Å². The van der Waals surface area contributed by atoms with Crippen molar-refractivity contribution in [3.63, 3.8) is 0 Å². The number of hydrogen-bond donors (Lipinski definition) is 2. The summed E-state index contributed by atoms with van der Waals surface area (Å²) >= 11 is 0. The van der Waals surface area contributed by atoms with Crippen LogP contribution in [-0.4, -0.2) is 11.4 Å². The van der Waals surface area contributed by atoms with Crippen LogP contribution in [0.5, 0.6) is 0 Å². The molecule has 0 aromatic heterocycles. The second-order valence-electron chi connectivity index (χ2n) is 6.51. The molecule has 0 aliphatic carbocycles. The van der Waals surface area contributed by atoms with Crippen molar-refractivity contribution in [2.24, 2.45) is 5.41 Å². The number of carbonyl (C=O) groups excluding carboxylic acids is 1. The highest BCUT2D eigenvalue weighted by Crippen LogP contribution is 2.17. The molecular formula is C13H26N2O. The molecule has 0 radical (unpaired) electrons. The van der Waals surface area contributed by atoms with Crippen molar-refractivity contribution in [2.45, 2.75) is 60.4 Å². The lowest BCUT2D eigenvalue weighted by molar-refractivity contribution is -0.122. The summed E-state index contributed by atoms with van der Waals surface area (Å²) in [5.41, 5.74) is 0.904. The Kier molecular flexibility index (Phi) is 5.04. The van der Waals surface area contributed by atoms with E-state index in [0.717, 1.165) is 5.70 Å². The molecule has 0 atom stereocenters. The van der Waals surface area contributed by atoms with Crippen LogP contribution in [0.1, 0.15) is 54.9 Å². The smallest absolute Gasteiger partial charge is 0.224 e. The second kappa shape index (κ2) is 5.37. The lowest BCUT2D eigenvalue weighted by atomic mass is 9.92. The molecule has 0 saturated heterocycles. The van der Waals surface area contributed by atoms with Crippen LogP contribution in [0.15, 0.2) is 11.9 Å². The predicted octanol–water partition coefficient (Wildman–Crippen LogP) is 2.79. The second-order valence-corrected chi connectivity index (χ2v) is 6.51. The highest BCUT2D eigenvalue weighted by molar-refractivity contribution is 5.78. The maximum absolute atomic E-state index is 11.6. The fourth-order valence-corrected chi connectivity index (χ4v) is 1.11. The van der Waals surface area contributed by atoms with Crippen LogP contribution >= 0.6 is 0 Å². The normalized spacial score (nSPS) is 13.6. The van der Waals surface area contributed by atoms with Gasteiger partial charge in [0.2, 0.25) is 5.91 Å². The average Bonchev–Trinajstić information content (AvgIpc) is 1.95. The Bertz CT molecular complexity index is 267. The average molecular weight is 226 g/mol. The molecule has 2 N–H and O–H groups in total. The molecule has 94 valence electrons. The lowest BCUT2D eigenvalue weighted by Gasteiger charge is -2.20. The largest absolute Gasteiger partial charge is 0.385 e. The van der Waals surface area contributed by atoms with E-state index in [1.165, 1.54) is 0 Å². The van der Waals surface area contributed by atoms with Gasteiger partial charge in [-0.05, 0) is 33.1 Å². The highest BCUT2D eigenvalue weighted by Gasteiger charge is 2.15. The van der Waals surface area contributed by atoms with Crippen molar-refractivity contribution in [2.75, 3.05) is 0 Å². The van der Waals surface area contributed by atoms with Crippen molar-refractivity contribution >= 4 is 5.91 Å².